The largest absolute Gasteiger partial charge is 0.497 e. The van der Waals surface area contributed by atoms with Gasteiger partial charge in [0.1, 0.15) is 11.5 Å². The molecule has 0 spiro atoms. The summed E-state index contributed by atoms with van der Waals surface area (Å²) in [5.74, 6) is 2.05. The molecular weight excluding hydrogens is 232 g/mol. The number of benzene rings is 1. The molecule has 1 atom stereocenters. The topological polar surface area (TPSA) is 56.5 Å². The summed E-state index contributed by atoms with van der Waals surface area (Å²) in [4.78, 5) is 0. The molecular formula is C13H16N2O3. The molecule has 5 heteroatoms. The molecule has 1 heterocycles. The molecule has 0 aliphatic rings. The Labute approximate surface area is 106 Å². The molecule has 0 saturated heterocycles. The molecule has 0 radical (unpaired) electrons. The monoisotopic (exact) mass is 248 g/mol. The number of aliphatic hydroxyl groups excluding tert-OH is 1. The zero-order chi connectivity index (χ0) is 13.0. The Morgan fingerprint density at radius 1 is 1.33 bits per heavy atom. The van der Waals surface area contributed by atoms with Crippen LogP contribution in [0.4, 0.5) is 0 Å². The lowest BCUT2D eigenvalue weighted by atomic mass is 10.3. The van der Waals surface area contributed by atoms with Gasteiger partial charge >= 0.3 is 0 Å². The molecule has 96 valence electrons. The smallest absolute Gasteiger partial charge is 0.165 e. The van der Waals surface area contributed by atoms with Crippen molar-refractivity contribution in [2.45, 2.75) is 19.6 Å². The molecule has 0 amide bonds. The van der Waals surface area contributed by atoms with Gasteiger partial charge in [-0.1, -0.05) is 6.07 Å². The van der Waals surface area contributed by atoms with Crippen molar-refractivity contribution < 1.29 is 14.6 Å². The predicted octanol–water partition coefficient (Wildman–Crippen LogP) is 2.06. The second kappa shape index (κ2) is 5.55. The van der Waals surface area contributed by atoms with Crippen LogP contribution < -0.4 is 9.47 Å². The van der Waals surface area contributed by atoms with E-state index in [1.807, 2.05) is 18.2 Å². The minimum atomic E-state index is -0.436. The molecule has 5 nitrogen and oxygen atoms in total. The molecule has 1 aromatic heterocycles. The zero-order valence-corrected chi connectivity index (χ0v) is 10.4. The lowest BCUT2D eigenvalue weighted by Crippen LogP contribution is -2.11. The van der Waals surface area contributed by atoms with Gasteiger partial charge in [0.15, 0.2) is 5.75 Å². The number of hydrogen-bond donors (Lipinski definition) is 1. The van der Waals surface area contributed by atoms with E-state index in [0.29, 0.717) is 18.0 Å². The van der Waals surface area contributed by atoms with E-state index in [0.717, 1.165) is 5.75 Å². The molecule has 0 aliphatic carbocycles. The summed E-state index contributed by atoms with van der Waals surface area (Å²) >= 11 is 0. The van der Waals surface area contributed by atoms with Crippen molar-refractivity contribution in [2.75, 3.05) is 7.11 Å². The zero-order valence-electron chi connectivity index (χ0n) is 10.4. The molecule has 18 heavy (non-hydrogen) atoms. The van der Waals surface area contributed by atoms with E-state index in [1.165, 1.54) is 0 Å². The van der Waals surface area contributed by atoms with Crippen molar-refractivity contribution in [1.29, 1.82) is 0 Å². The van der Waals surface area contributed by atoms with Gasteiger partial charge in [-0.3, -0.25) is 4.68 Å². The Bertz CT molecular complexity index is 508. The summed E-state index contributed by atoms with van der Waals surface area (Å²) in [6, 6.07) is 7.35. The van der Waals surface area contributed by atoms with E-state index in [-0.39, 0.29) is 0 Å². The summed E-state index contributed by atoms with van der Waals surface area (Å²) in [5, 5.41) is 13.4. The third-order valence-electron chi connectivity index (χ3n) is 2.34. The van der Waals surface area contributed by atoms with Crippen LogP contribution in [0, 0.1) is 0 Å². The maximum absolute atomic E-state index is 9.25. The molecule has 1 unspecified atom stereocenters. The van der Waals surface area contributed by atoms with Gasteiger partial charge in [0.2, 0.25) is 0 Å². The Kier molecular flexibility index (Phi) is 3.84. The van der Waals surface area contributed by atoms with Crippen LogP contribution in [0.15, 0.2) is 36.7 Å². The van der Waals surface area contributed by atoms with Gasteiger partial charge < -0.3 is 14.6 Å². The highest BCUT2D eigenvalue weighted by molar-refractivity contribution is 5.35. The first-order chi connectivity index (χ1) is 8.67. The molecule has 0 aliphatic heterocycles. The summed E-state index contributed by atoms with van der Waals surface area (Å²) in [7, 11) is 1.61. The minimum absolute atomic E-state index is 0.436. The van der Waals surface area contributed by atoms with E-state index < -0.39 is 6.10 Å². The van der Waals surface area contributed by atoms with Gasteiger partial charge in [-0.2, -0.15) is 5.10 Å². The molecule has 2 aromatic rings. The molecule has 1 N–H and O–H groups in total. The van der Waals surface area contributed by atoms with Gasteiger partial charge in [0, 0.05) is 6.07 Å². The summed E-state index contributed by atoms with van der Waals surface area (Å²) in [5.41, 5.74) is 0. The van der Waals surface area contributed by atoms with Crippen molar-refractivity contribution in [3.63, 3.8) is 0 Å². The van der Waals surface area contributed by atoms with Crippen molar-refractivity contribution >= 4 is 0 Å². The molecule has 0 bridgehead atoms. The Morgan fingerprint density at radius 2 is 2.11 bits per heavy atom. The van der Waals surface area contributed by atoms with Gasteiger partial charge in [0.05, 0.1) is 32.2 Å². The fraction of sp³-hybridized carbons (Fsp3) is 0.308. The van der Waals surface area contributed by atoms with Crippen LogP contribution >= 0.6 is 0 Å². The third kappa shape index (κ3) is 3.24. The Morgan fingerprint density at radius 3 is 2.83 bits per heavy atom. The maximum atomic E-state index is 9.25. The second-order valence-corrected chi connectivity index (χ2v) is 4.03. The Balaban J connectivity index is 2.06. The number of aromatic nitrogens is 2. The molecule has 1 aromatic carbocycles. The fourth-order valence-electron chi connectivity index (χ4n) is 1.57. The highest BCUT2D eigenvalue weighted by atomic mass is 16.5. The number of aliphatic hydroxyl groups is 1. The minimum Gasteiger partial charge on any atom is -0.497 e. The lowest BCUT2D eigenvalue weighted by Gasteiger charge is -2.05. The van der Waals surface area contributed by atoms with Crippen molar-refractivity contribution in [3.8, 4) is 17.2 Å². The highest BCUT2D eigenvalue weighted by Gasteiger charge is 2.04. The van der Waals surface area contributed by atoms with Crippen molar-refractivity contribution in [3.05, 3.63) is 36.7 Å². The van der Waals surface area contributed by atoms with E-state index in [1.54, 1.807) is 37.2 Å². The highest BCUT2D eigenvalue weighted by Crippen LogP contribution is 2.24. The van der Waals surface area contributed by atoms with Crippen LogP contribution in [0.5, 0.6) is 17.2 Å². The van der Waals surface area contributed by atoms with E-state index in [9.17, 15) is 5.11 Å². The van der Waals surface area contributed by atoms with E-state index >= 15 is 0 Å². The second-order valence-electron chi connectivity index (χ2n) is 4.03. The standard InChI is InChI=1S/C13H16N2O3/c1-10(16)8-15-9-13(7-14-15)18-12-5-3-4-11(6-12)17-2/h3-7,9-10,16H,8H2,1-2H3. The van der Waals surface area contributed by atoms with Crippen LogP contribution in [0.1, 0.15) is 6.92 Å². The summed E-state index contributed by atoms with van der Waals surface area (Å²) in [6.07, 6.45) is 2.92. The average Bonchev–Trinajstić information content (AvgIpc) is 2.76. The van der Waals surface area contributed by atoms with E-state index in [4.69, 9.17) is 9.47 Å². The fourth-order valence-corrected chi connectivity index (χ4v) is 1.57. The van der Waals surface area contributed by atoms with Gasteiger partial charge in [-0.15, -0.1) is 0 Å². The average molecular weight is 248 g/mol. The number of hydrogen-bond acceptors (Lipinski definition) is 4. The molecule has 0 saturated carbocycles. The number of rotatable bonds is 5. The first-order valence-electron chi connectivity index (χ1n) is 5.70. The summed E-state index contributed by atoms with van der Waals surface area (Å²) in [6.45, 7) is 2.16. The molecule has 2 rings (SSSR count). The van der Waals surface area contributed by atoms with Crippen LogP contribution in [-0.2, 0) is 6.54 Å². The Hall–Kier alpha value is -2.01. The van der Waals surface area contributed by atoms with Gasteiger partial charge in [-0.25, -0.2) is 0 Å². The van der Waals surface area contributed by atoms with Crippen LogP contribution in [0.3, 0.4) is 0 Å². The summed E-state index contributed by atoms with van der Waals surface area (Å²) < 4.78 is 12.4. The predicted molar refractivity (Wildman–Crippen MR) is 67.0 cm³/mol. The normalized spacial score (nSPS) is 12.2. The van der Waals surface area contributed by atoms with E-state index in [2.05, 4.69) is 5.10 Å². The lowest BCUT2D eigenvalue weighted by molar-refractivity contribution is 0.168. The van der Waals surface area contributed by atoms with Crippen molar-refractivity contribution in [2.24, 2.45) is 0 Å². The third-order valence-corrected chi connectivity index (χ3v) is 2.34. The quantitative estimate of drug-likeness (QED) is 0.880. The first kappa shape index (κ1) is 12.4. The van der Waals surface area contributed by atoms with Gasteiger partial charge in [-0.05, 0) is 19.1 Å². The van der Waals surface area contributed by atoms with Gasteiger partial charge in [0.25, 0.3) is 0 Å². The molecule has 0 fully saturated rings. The van der Waals surface area contributed by atoms with Crippen LogP contribution in [0.25, 0.3) is 0 Å². The number of ether oxygens (including phenoxy) is 2. The SMILES string of the molecule is COc1cccc(Oc2cnn(CC(C)O)c2)c1. The first-order valence-corrected chi connectivity index (χ1v) is 5.70. The number of methoxy groups -OCH3 is 1. The van der Waals surface area contributed by atoms with Crippen molar-refractivity contribution in [1.82, 2.24) is 9.78 Å². The van der Waals surface area contributed by atoms with Crippen LogP contribution in [0.2, 0.25) is 0 Å². The maximum Gasteiger partial charge on any atom is 0.165 e. The van der Waals surface area contributed by atoms with Crippen LogP contribution in [-0.4, -0.2) is 28.1 Å². The number of nitrogens with zero attached hydrogens (tertiary/aromatic N) is 2.